The van der Waals surface area contributed by atoms with E-state index in [1.54, 1.807) is 38.1 Å². The lowest BCUT2D eigenvalue weighted by Crippen LogP contribution is -2.33. The molecular formula is C20H19FN2O4S. The van der Waals surface area contributed by atoms with Gasteiger partial charge in [0.05, 0.1) is 28.3 Å². The normalized spacial score (nSPS) is 11.3. The van der Waals surface area contributed by atoms with Crippen molar-refractivity contribution >= 4 is 38.6 Å². The summed E-state index contributed by atoms with van der Waals surface area (Å²) in [5.41, 5.74) is 0.285. The van der Waals surface area contributed by atoms with Crippen molar-refractivity contribution in [2.45, 2.75) is 13.8 Å². The lowest BCUT2D eigenvalue weighted by atomic mass is 9.94. The smallest absolute Gasteiger partial charge is 0.343 e. The number of nitrogens with one attached hydrogen (secondary N) is 1. The number of anilines is 1. The molecule has 146 valence electrons. The number of fused-ring (bicyclic) bond motifs is 1. The fourth-order valence-electron chi connectivity index (χ4n) is 2.46. The Morgan fingerprint density at radius 1 is 1.21 bits per heavy atom. The first-order valence-electron chi connectivity index (χ1n) is 8.50. The zero-order valence-electron chi connectivity index (χ0n) is 15.6. The molecule has 2 aromatic carbocycles. The van der Waals surface area contributed by atoms with Gasteiger partial charge in [-0.25, -0.2) is 14.2 Å². The zero-order valence-corrected chi connectivity index (χ0v) is 16.4. The highest BCUT2D eigenvalue weighted by Crippen LogP contribution is 2.29. The Kier molecular flexibility index (Phi) is 5.60. The monoisotopic (exact) mass is 402 g/mol. The maximum absolute atomic E-state index is 13.7. The van der Waals surface area contributed by atoms with Crippen LogP contribution in [0.25, 0.3) is 10.2 Å². The van der Waals surface area contributed by atoms with Gasteiger partial charge in [0.25, 0.3) is 0 Å². The number of benzene rings is 2. The molecule has 0 bridgehead atoms. The van der Waals surface area contributed by atoms with Crippen molar-refractivity contribution < 1.29 is 23.5 Å². The molecule has 0 radical (unpaired) electrons. The summed E-state index contributed by atoms with van der Waals surface area (Å²) < 4.78 is 24.3. The molecule has 0 saturated carbocycles. The molecule has 1 aromatic heterocycles. The minimum absolute atomic E-state index is 0.121. The summed E-state index contributed by atoms with van der Waals surface area (Å²) in [5.74, 6) is -1.69. The summed E-state index contributed by atoms with van der Waals surface area (Å²) in [5, 5.41) is 3.74. The van der Waals surface area contributed by atoms with Crippen LogP contribution in [0.15, 0.2) is 42.5 Å². The van der Waals surface area contributed by atoms with E-state index >= 15 is 0 Å². The van der Waals surface area contributed by atoms with Gasteiger partial charge in [0.2, 0.25) is 0 Å². The Bertz CT molecular complexity index is 1030. The molecule has 0 aliphatic carbocycles. The van der Waals surface area contributed by atoms with Crippen molar-refractivity contribution in [1.29, 1.82) is 0 Å². The van der Waals surface area contributed by atoms with Gasteiger partial charge in [0.1, 0.15) is 0 Å². The highest BCUT2D eigenvalue weighted by atomic mass is 32.1. The number of nitrogens with zero attached hydrogens (tertiary/aromatic N) is 1. The average molecular weight is 402 g/mol. The van der Waals surface area contributed by atoms with E-state index < -0.39 is 17.2 Å². The molecule has 0 saturated heterocycles. The van der Waals surface area contributed by atoms with Crippen molar-refractivity contribution in [1.82, 2.24) is 4.98 Å². The standard InChI is InChI=1S/C20H19FN2O4S/c1-20(2,18(25)26-3)11-22-19-23-14-9-8-12(10-16(14)28-19)17(24)27-15-7-5-4-6-13(15)21/h4-10H,11H2,1-3H3,(H,22,23). The van der Waals surface area contributed by atoms with Crippen LogP contribution in [-0.2, 0) is 9.53 Å². The van der Waals surface area contributed by atoms with Gasteiger partial charge in [-0.3, -0.25) is 4.79 Å². The number of carbonyl (C=O) groups is 2. The zero-order chi connectivity index (χ0) is 20.3. The second-order valence-electron chi connectivity index (χ2n) is 6.75. The first-order chi connectivity index (χ1) is 13.3. The van der Waals surface area contributed by atoms with Crippen LogP contribution >= 0.6 is 11.3 Å². The van der Waals surface area contributed by atoms with Crippen molar-refractivity contribution in [3.63, 3.8) is 0 Å². The molecule has 0 fully saturated rings. The number of para-hydroxylation sites is 1. The maximum Gasteiger partial charge on any atom is 0.343 e. The molecule has 6 nitrogen and oxygen atoms in total. The third kappa shape index (κ3) is 4.28. The van der Waals surface area contributed by atoms with Gasteiger partial charge in [-0.15, -0.1) is 0 Å². The Balaban J connectivity index is 1.74. The van der Waals surface area contributed by atoms with Crippen molar-refractivity contribution in [2.24, 2.45) is 5.41 Å². The summed E-state index contributed by atoms with van der Waals surface area (Å²) in [4.78, 5) is 28.5. The molecule has 0 amide bonds. The van der Waals surface area contributed by atoms with Crippen LogP contribution in [0.3, 0.4) is 0 Å². The highest BCUT2D eigenvalue weighted by molar-refractivity contribution is 7.22. The lowest BCUT2D eigenvalue weighted by Gasteiger charge is -2.21. The number of esters is 2. The fraction of sp³-hybridized carbons (Fsp3) is 0.250. The second kappa shape index (κ2) is 7.93. The van der Waals surface area contributed by atoms with Crippen LogP contribution in [0, 0.1) is 11.2 Å². The van der Waals surface area contributed by atoms with E-state index in [9.17, 15) is 14.0 Å². The summed E-state index contributed by atoms with van der Waals surface area (Å²) in [6.07, 6.45) is 0. The largest absolute Gasteiger partial charge is 0.469 e. The number of thiazole rings is 1. The van der Waals surface area contributed by atoms with Gasteiger partial charge in [-0.1, -0.05) is 23.5 Å². The predicted octanol–water partition coefficient (Wildman–Crippen LogP) is 4.27. The van der Waals surface area contributed by atoms with Crippen LogP contribution in [0.1, 0.15) is 24.2 Å². The minimum atomic E-state index is -0.707. The van der Waals surface area contributed by atoms with Crippen molar-refractivity contribution in [3.05, 3.63) is 53.8 Å². The Morgan fingerprint density at radius 2 is 1.96 bits per heavy atom. The van der Waals surface area contributed by atoms with Gasteiger partial charge < -0.3 is 14.8 Å². The molecule has 0 aliphatic heterocycles. The van der Waals surface area contributed by atoms with Crippen LogP contribution in [0.2, 0.25) is 0 Å². The second-order valence-corrected chi connectivity index (χ2v) is 7.78. The van der Waals surface area contributed by atoms with E-state index in [0.717, 1.165) is 4.70 Å². The van der Waals surface area contributed by atoms with E-state index in [2.05, 4.69) is 10.3 Å². The number of methoxy groups -OCH3 is 1. The molecular weight excluding hydrogens is 383 g/mol. The van der Waals surface area contributed by atoms with E-state index in [1.807, 2.05) is 0 Å². The predicted molar refractivity (Wildman–Crippen MR) is 105 cm³/mol. The number of rotatable bonds is 6. The molecule has 0 unspecified atom stereocenters. The number of ether oxygens (including phenoxy) is 2. The van der Waals surface area contributed by atoms with Gasteiger partial charge in [-0.05, 0) is 44.2 Å². The van der Waals surface area contributed by atoms with Crippen LogP contribution in [-0.4, -0.2) is 30.6 Å². The fourth-order valence-corrected chi connectivity index (χ4v) is 3.36. The van der Waals surface area contributed by atoms with Gasteiger partial charge in [-0.2, -0.15) is 0 Å². The quantitative estimate of drug-likeness (QED) is 0.490. The maximum atomic E-state index is 13.7. The molecule has 8 heteroatoms. The third-order valence-electron chi connectivity index (χ3n) is 4.08. The summed E-state index contributed by atoms with van der Waals surface area (Å²) in [6.45, 7) is 3.90. The van der Waals surface area contributed by atoms with Crippen LogP contribution in [0.5, 0.6) is 5.75 Å². The minimum Gasteiger partial charge on any atom is -0.469 e. The van der Waals surface area contributed by atoms with Crippen molar-refractivity contribution in [2.75, 3.05) is 19.0 Å². The van der Waals surface area contributed by atoms with E-state index in [-0.39, 0.29) is 11.7 Å². The Labute approximate surface area is 165 Å². The summed E-state index contributed by atoms with van der Waals surface area (Å²) >= 11 is 1.34. The van der Waals surface area contributed by atoms with Gasteiger partial charge in [0.15, 0.2) is 16.7 Å². The summed E-state index contributed by atoms with van der Waals surface area (Å²) in [6, 6.07) is 10.6. The van der Waals surface area contributed by atoms with E-state index in [4.69, 9.17) is 9.47 Å². The Morgan fingerprint density at radius 3 is 2.68 bits per heavy atom. The number of hydrogen-bond donors (Lipinski definition) is 1. The highest BCUT2D eigenvalue weighted by Gasteiger charge is 2.28. The van der Waals surface area contributed by atoms with Crippen LogP contribution < -0.4 is 10.1 Å². The number of hydrogen-bond acceptors (Lipinski definition) is 7. The van der Waals surface area contributed by atoms with Crippen molar-refractivity contribution in [3.8, 4) is 5.75 Å². The first kappa shape index (κ1) is 19.8. The van der Waals surface area contributed by atoms with Crippen LogP contribution in [0.4, 0.5) is 9.52 Å². The van der Waals surface area contributed by atoms with E-state index in [0.29, 0.717) is 22.8 Å². The molecule has 3 rings (SSSR count). The number of aromatic nitrogens is 1. The molecule has 1 heterocycles. The van der Waals surface area contributed by atoms with Gasteiger partial charge in [0, 0.05) is 6.54 Å². The number of carbonyl (C=O) groups excluding carboxylic acids is 2. The molecule has 0 spiro atoms. The molecule has 3 aromatic rings. The average Bonchev–Trinajstić information content (AvgIpc) is 3.09. The van der Waals surface area contributed by atoms with E-state index in [1.165, 1.54) is 36.6 Å². The topological polar surface area (TPSA) is 77.5 Å². The Hall–Kier alpha value is -3.00. The molecule has 1 N–H and O–H groups in total. The molecule has 28 heavy (non-hydrogen) atoms. The SMILES string of the molecule is COC(=O)C(C)(C)CNc1nc2ccc(C(=O)Oc3ccccc3F)cc2s1. The third-order valence-corrected chi connectivity index (χ3v) is 5.06. The number of halogens is 1. The summed E-state index contributed by atoms with van der Waals surface area (Å²) in [7, 11) is 1.35. The van der Waals surface area contributed by atoms with Gasteiger partial charge >= 0.3 is 11.9 Å². The lowest BCUT2D eigenvalue weighted by molar-refractivity contribution is -0.149. The first-order valence-corrected chi connectivity index (χ1v) is 9.31. The molecule has 0 atom stereocenters. The molecule has 0 aliphatic rings.